The van der Waals surface area contributed by atoms with Crippen LogP contribution in [0.5, 0.6) is 0 Å². The lowest BCUT2D eigenvalue weighted by Crippen LogP contribution is -2.40. The van der Waals surface area contributed by atoms with Crippen molar-refractivity contribution in [2.24, 2.45) is 0 Å². The van der Waals surface area contributed by atoms with Crippen molar-refractivity contribution in [2.45, 2.75) is 77.7 Å². The number of unbranched alkanes of at least 4 members (excludes halogenated alkanes) is 3. The van der Waals surface area contributed by atoms with Crippen molar-refractivity contribution in [1.29, 1.82) is 0 Å². The summed E-state index contributed by atoms with van der Waals surface area (Å²) in [6.07, 6.45) is 9.53. The van der Waals surface area contributed by atoms with Gasteiger partial charge in [-0.2, -0.15) is 0 Å². The van der Waals surface area contributed by atoms with E-state index >= 15 is 0 Å². The normalized spacial score (nSPS) is 12.7. The fourth-order valence-corrected chi connectivity index (χ4v) is 4.38. The van der Waals surface area contributed by atoms with Crippen molar-refractivity contribution in [3.05, 3.63) is 83.9 Å². The molecular formula is C28H43NOSi. The Balaban J connectivity index is 1.70. The molecule has 0 aromatic heterocycles. The predicted molar refractivity (Wildman–Crippen MR) is 138 cm³/mol. The molecule has 2 rings (SSSR count). The molecule has 170 valence electrons. The maximum Gasteiger partial charge on any atom is 0.191 e. The van der Waals surface area contributed by atoms with Crippen LogP contribution < -0.4 is 0 Å². The topological polar surface area (TPSA) is 12.5 Å². The third kappa shape index (κ3) is 9.99. The Hall–Kier alpha value is -1.68. The molecule has 0 fully saturated rings. The molecule has 0 unspecified atom stereocenters. The molecule has 0 bridgehead atoms. The molecule has 0 aliphatic heterocycles. The van der Waals surface area contributed by atoms with Gasteiger partial charge in [0.1, 0.15) is 0 Å². The summed E-state index contributed by atoms with van der Waals surface area (Å²) < 4.78 is 6.28. The van der Waals surface area contributed by atoms with Crippen LogP contribution in [0.4, 0.5) is 0 Å². The first-order valence-electron chi connectivity index (χ1n) is 11.9. The van der Waals surface area contributed by atoms with Crippen LogP contribution in [-0.4, -0.2) is 26.4 Å². The van der Waals surface area contributed by atoms with E-state index in [0.717, 1.165) is 32.7 Å². The van der Waals surface area contributed by atoms with Gasteiger partial charge in [-0.25, -0.2) is 0 Å². The van der Waals surface area contributed by atoms with Gasteiger partial charge in [0.15, 0.2) is 8.32 Å². The first-order chi connectivity index (χ1) is 14.8. The largest absolute Gasteiger partial charge is 0.417 e. The zero-order valence-corrected chi connectivity index (χ0v) is 21.4. The quantitative estimate of drug-likeness (QED) is 0.180. The summed E-state index contributed by atoms with van der Waals surface area (Å²) in [5.74, 6) is 0. The summed E-state index contributed by atoms with van der Waals surface area (Å²) in [6, 6.07) is 21.5. The lowest BCUT2D eigenvalue weighted by atomic mass is 10.1. The van der Waals surface area contributed by atoms with E-state index in [1.54, 1.807) is 0 Å². The smallest absolute Gasteiger partial charge is 0.191 e. The lowest BCUT2D eigenvalue weighted by Gasteiger charge is -2.36. The fraction of sp³-hybridized carbons (Fsp3) is 0.500. The minimum atomic E-state index is -1.58. The highest BCUT2D eigenvalue weighted by Gasteiger charge is 2.36. The van der Waals surface area contributed by atoms with E-state index in [2.05, 4.69) is 112 Å². The van der Waals surface area contributed by atoms with Crippen LogP contribution in [0.15, 0.2) is 72.8 Å². The molecule has 2 nitrogen and oxygen atoms in total. The molecule has 0 heterocycles. The highest BCUT2D eigenvalue weighted by molar-refractivity contribution is 6.74. The number of hydrogen-bond donors (Lipinski definition) is 0. The molecule has 0 amide bonds. The number of rotatable bonds is 13. The maximum absolute atomic E-state index is 6.28. The number of nitrogens with zero attached hydrogens (tertiary/aromatic N) is 1. The Morgan fingerprint density at radius 3 is 1.84 bits per heavy atom. The van der Waals surface area contributed by atoms with E-state index in [1.165, 1.54) is 30.4 Å². The van der Waals surface area contributed by atoms with Crippen molar-refractivity contribution in [1.82, 2.24) is 4.90 Å². The Labute approximate surface area is 192 Å². The summed E-state index contributed by atoms with van der Waals surface area (Å²) in [5.41, 5.74) is 2.74. The maximum atomic E-state index is 6.28. The van der Waals surface area contributed by atoms with Gasteiger partial charge in [0.05, 0.1) is 0 Å². The van der Waals surface area contributed by atoms with Gasteiger partial charge in [0, 0.05) is 26.2 Å². The second kappa shape index (κ2) is 13.0. The summed E-state index contributed by atoms with van der Waals surface area (Å²) in [5, 5.41) is 0.307. The molecular weight excluding hydrogens is 394 g/mol. The van der Waals surface area contributed by atoms with Crippen molar-refractivity contribution in [3.8, 4) is 0 Å². The van der Waals surface area contributed by atoms with Gasteiger partial charge < -0.3 is 4.43 Å². The van der Waals surface area contributed by atoms with Crippen LogP contribution in [0.25, 0.3) is 0 Å². The van der Waals surface area contributed by atoms with E-state index < -0.39 is 8.32 Å². The fourth-order valence-electron chi connectivity index (χ4n) is 3.29. The molecule has 0 radical (unpaired) electrons. The van der Waals surface area contributed by atoms with Crippen molar-refractivity contribution < 1.29 is 4.43 Å². The van der Waals surface area contributed by atoms with Crippen molar-refractivity contribution in [3.63, 3.8) is 0 Å². The van der Waals surface area contributed by atoms with Gasteiger partial charge in [-0.05, 0) is 48.5 Å². The molecule has 2 aromatic rings. The summed E-state index contributed by atoms with van der Waals surface area (Å²) >= 11 is 0. The van der Waals surface area contributed by atoms with Gasteiger partial charge in [-0.3, -0.25) is 4.90 Å². The highest BCUT2D eigenvalue weighted by atomic mass is 28.4. The average molecular weight is 438 g/mol. The van der Waals surface area contributed by atoms with Crippen LogP contribution in [0.1, 0.15) is 57.6 Å². The van der Waals surface area contributed by atoms with E-state index in [-0.39, 0.29) is 0 Å². The first kappa shape index (κ1) is 25.6. The third-order valence-corrected chi connectivity index (χ3v) is 10.9. The van der Waals surface area contributed by atoms with Crippen LogP contribution in [0.2, 0.25) is 18.1 Å². The van der Waals surface area contributed by atoms with Crippen LogP contribution in [-0.2, 0) is 17.5 Å². The molecule has 0 spiro atoms. The average Bonchev–Trinajstić information content (AvgIpc) is 2.73. The predicted octanol–water partition coefficient (Wildman–Crippen LogP) is 7.83. The van der Waals surface area contributed by atoms with E-state index in [4.69, 9.17) is 4.43 Å². The zero-order chi connectivity index (χ0) is 22.6. The third-order valence-electron chi connectivity index (χ3n) is 6.31. The molecule has 0 atom stereocenters. The zero-order valence-electron chi connectivity index (χ0n) is 20.4. The Morgan fingerprint density at radius 1 is 0.774 bits per heavy atom. The standard InChI is InChI=1S/C28H43NOSi/c1-28(2,3)31(4,5)30-23-17-9-7-6-8-16-22-29(24-26-18-12-10-13-19-26)25-27-20-14-11-15-21-27/h8,10-16,18-21H,6-7,9,17,22-25H2,1-5H3/b16-8+. The van der Waals surface area contributed by atoms with Gasteiger partial charge >= 0.3 is 0 Å². The van der Waals surface area contributed by atoms with Gasteiger partial charge in [-0.1, -0.05) is 100 Å². The lowest BCUT2D eigenvalue weighted by molar-refractivity contribution is 0.278. The van der Waals surface area contributed by atoms with E-state index in [0.29, 0.717) is 5.04 Å². The monoisotopic (exact) mass is 437 g/mol. The second-order valence-corrected chi connectivity index (χ2v) is 14.9. The van der Waals surface area contributed by atoms with Gasteiger partial charge in [0.2, 0.25) is 0 Å². The SMILES string of the molecule is CC(C)(C)[Si](C)(C)OCCCCC/C=C/CN(Cc1ccccc1)Cc1ccccc1. The van der Waals surface area contributed by atoms with Crippen LogP contribution >= 0.6 is 0 Å². The molecule has 2 aromatic carbocycles. The Kier molecular flexibility index (Phi) is 10.7. The molecule has 0 N–H and O–H groups in total. The molecule has 0 saturated carbocycles. The van der Waals surface area contributed by atoms with Crippen molar-refractivity contribution in [2.75, 3.05) is 13.2 Å². The number of allylic oxidation sites excluding steroid dienone is 1. The van der Waals surface area contributed by atoms with Gasteiger partial charge in [0.25, 0.3) is 0 Å². The minimum Gasteiger partial charge on any atom is -0.417 e. The second-order valence-electron chi connectivity index (χ2n) is 10.1. The summed E-state index contributed by atoms with van der Waals surface area (Å²) in [7, 11) is -1.58. The first-order valence-corrected chi connectivity index (χ1v) is 14.8. The minimum absolute atomic E-state index is 0.307. The van der Waals surface area contributed by atoms with Gasteiger partial charge in [-0.15, -0.1) is 0 Å². The van der Waals surface area contributed by atoms with Crippen LogP contribution in [0, 0.1) is 0 Å². The molecule has 0 aliphatic carbocycles. The highest BCUT2D eigenvalue weighted by Crippen LogP contribution is 2.36. The molecule has 31 heavy (non-hydrogen) atoms. The molecule has 0 aliphatic rings. The summed E-state index contributed by atoms with van der Waals surface area (Å²) in [6.45, 7) is 15.5. The Morgan fingerprint density at radius 2 is 1.32 bits per heavy atom. The molecule has 3 heteroatoms. The van der Waals surface area contributed by atoms with Crippen molar-refractivity contribution >= 4 is 8.32 Å². The van der Waals surface area contributed by atoms with E-state index in [9.17, 15) is 0 Å². The number of hydrogen-bond acceptors (Lipinski definition) is 2. The molecule has 0 saturated heterocycles. The number of benzene rings is 2. The Bertz CT molecular complexity index is 708. The van der Waals surface area contributed by atoms with E-state index in [1.807, 2.05) is 0 Å². The summed E-state index contributed by atoms with van der Waals surface area (Å²) in [4.78, 5) is 2.51. The van der Waals surface area contributed by atoms with Crippen LogP contribution in [0.3, 0.4) is 0 Å².